The summed E-state index contributed by atoms with van der Waals surface area (Å²) in [6.45, 7) is 6.89. The van der Waals surface area contributed by atoms with Crippen molar-refractivity contribution in [3.63, 3.8) is 0 Å². The first-order valence-corrected chi connectivity index (χ1v) is 8.49. The summed E-state index contributed by atoms with van der Waals surface area (Å²) in [7, 11) is 1.73. The third-order valence-electron chi connectivity index (χ3n) is 5.00. The number of halogens is 2. The van der Waals surface area contributed by atoms with Crippen LogP contribution in [0.3, 0.4) is 0 Å². The van der Waals surface area contributed by atoms with Gasteiger partial charge >= 0.3 is 0 Å². The molecule has 0 aliphatic heterocycles. The highest BCUT2D eigenvalue weighted by Crippen LogP contribution is 2.50. The average molecular weight is 359 g/mol. The molecule has 0 bridgehead atoms. The monoisotopic (exact) mass is 358 g/mol. The second-order valence-electron chi connectivity index (χ2n) is 6.72. The van der Waals surface area contributed by atoms with Crippen LogP contribution in [0.15, 0.2) is 18.2 Å². The Labute approximate surface area is 147 Å². The standard InChI is InChI=1S/C17H24Cl2N2O2/c1-5-23-13-9-17(20,16(13,2)3)15(22)21(4)10-11-7-6-8-12(18)14(11)19/h6-8,13H,5,9-10,20H2,1-4H3. The van der Waals surface area contributed by atoms with Gasteiger partial charge in [0.15, 0.2) is 0 Å². The van der Waals surface area contributed by atoms with Crippen LogP contribution in [0.4, 0.5) is 0 Å². The fourth-order valence-corrected chi connectivity index (χ4v) is 3.52. The molecule has 0 saturated heterocycles. The number of likely N-dealkylation sites (N-methyl/N-ethyl adjacent to an activating group) is 1. The van der Waals surface area contributed by atoms with E-state index < -0.39 is 11.0 Å². The predicted molar refractivity (Wildman–Crippen MR) is 93.7 cm³/mol. The van der Waals surface area contributed by atoms with Gasteiger partial charge in [-0.25, -0.2) is 0 Å². The summed E-state index contributed by atoms with van der Waals surface area (Å²) < 4.78 is 5.68. The van der Waals surface area contributed by atoms with Crippen molar-refractivity contribution in [1.29, 1.82) is 0 Å². The summed E-state index contributed by atoms with van der Waals surface area (Å²) in [5, 5.41) is 0.952. The fourth-order valence-electron chi connectivity index (χ4n) is 3.14. The smallest absolute Gasteiger partial charge is 0.243 e. The molecule has 23 heavy (non-hydrogen) atoms. The first kappa shape index (κ1) is 18.5. The molecule has 128 valence electrons. The van der Waals surface area contributed by atoms with Gasteiger partial charge in [-0.3, -0.25) is 4.79 Å². The minimum Gasteiger partial charge on any atom is -0.378 e. The van der Waals surface area contributed by atoms with Gasteiger partial charge in [0.25, 0.3) is 0 Å². The van der Waals surface area contributed by atoms with Crippen LogP contribution in [0.2, 0.25) is 10.0 Å². The maximum Gasteiger partial charge on any atom is 0.243 e. The second-order valence-corrected chi connectivity index (χ2v) is 7.50. The van der Waals surface area contributed by atoms with Gasteiger partial charge in [0.05, 0.1) is 16.1 Å². The lowest BCUT2D eigenvalue weighted by Gasteiger charge is -2.58. The summed E-state index contributed by atoms with van der Waals surface area (Å²) >= 11 is 12.2. The Kier molecular flexibility index (Phi) is 5.31. The highest BCUT2D eigenvalue weighted by Gasteiger charge is 2.63. The molecule has 0 heterocycles. The highest BCUT2D eigenvalue weighted by molar-refractivity contribution is 6.42. The van der Waals surface area contributed by atoms with E-state index in [0.717, 1.165) is 5.56 Å². The zero-order chi connectivity index (χ0) is 17.4. The van der Waals surface area contributed by atoms with Crippen LogP contribution >= 0.6 is 23.2 Å². The lowest BCUT2D eigenvalue weighted by atomic mass is 9.54. The predicted octanol–water partition coefficient (Wildman–Crippen LogP) is 3.48. The zero-order valence-electron chi connectivity index (χ0n) is 14.0. The molecule has 1 aromatic rings. The molecule has 0 aromatic heterocycles. The van der Waals surface area contributed by atoms with Gasteiger partial charge in [0.1, 0.15) is 5.54 Å². The van der Waals surface area contributed by atoms with Crippen molar-refractivity contribution in [2.45, 2.75) is 45.4 Å². The molecule has 2 unspecified atom stereocenters. The molecule has 1 aliphatic carbocycles. The third kappa shape index (κ3) is 3.10. The summed E-state index contributed by atoms with van der Waals surface area (Å²) in [5.74, 6) is -0.102. The first-order chi connectivity index (χ1) is 10.6. The van der Waals surface area contributed by atoms with Gasteiger partial charge in [-0.2, -0.15) is 0 Å². The number of ether oxygens (including phenoxy) is 1. The summed E-state index contributed by atoms with van der Waals surface area (Å²) in [6.07, 6.45) is 0.532. The van der Waals surface area contributed by atoms with Crippen molar-refractivity contribution < 1.29 is 9.53 Å². The van der Waals surface area contributed by atoms with Gasteiger partial charge in [0, 0.05) is 32.0 Å². The average Bonchev–Trinajstić information content (AvgIpc) is 2.50. The molecular weight excluding hydrogens is 335 g/mol. The number of benzene rings is 1. The second kappa shape index (κ2) is 6.60. The van der Waals surface area contributed by atoms with E-state index in [1.54, 1.807) is 18.0 Å². The van der Waals surface area contributed by atoms with Crippen molar-refractivity contribution in [2.75, 3.05) is 13.7 Å². The number of nitrogens with two attached hydrogens (primary N) is 1. The maximum absolute atomic E-state index is 12.9. The number of carbonyl (C=O) groups is 1. The van der Waals surface area contributed by atoms with Crippen molar-refractivity contribution in [3.05, 3.63) is 33.8 Å². The highest BCUT2D eigenvalue weighted by atomic mass is 35.5. The van der Waals surface area contributed by atoms with E-state index in [1.807, 2.05) is 32.9 Å². The maximum atomic E-state index is 12.9. The van der Waals surface area contributed by atoms with Crippen molar-refractivity contribution >= 4 is 29.1 Å². The van der Waals surface area contributed by atoms with Crippen LogP contribution in [0.5, 0.6) is 0 Å². The molecule has 1 aliphatic rings. The quantitative estimate of drug-likeness (QED) is 0.876. The van der Waals surface area contributed by atoms with Crippen LogP contribution in [0.25, 0.3) is 0 Å². The van der Waals surface area contributed by atoms with Crippen LogP contribution in [0.1, 0.15) is 32.8 Å². The lowest BCUT2D eigenvalue weighted by molar-refractivity contribution is -0.178. The number of amides is 1. The minimum absolute atomic E-state index is 0.00427. The molecule has 2 rings (SSSR count). The van der Waals surface area contributed by atoms with Crippen LogP contribution < -0.4 is 5.73 Å². The summed E-state index contributed by atoms with van der Waals surface area (Å²) in [6, 6.07) is 5.40. The molecule has 1 fully saturated rings. The SMILES string of the molecule is CCOC1CC(N)(C(=O)N(C)Cc2cccc(Cl)c2Cl)C1(C)C. The fraction of sp³-hybridized carbons (Fsp3) is 0.588. The molecule has 6 heteroatoms. The molecule has 1 amide bonds. The molecule has 2 atom stereocenters. The molecule has 4 nitrogen and oxygen atoms in total. The Morgan fingerprint density at radius 1 is 1.43 bits per heavy atom. The van der Waals surface area contributed by atoms with E-state index in [1.165, 1.54) is 0 Å². The Bertz CT molecular complexity index is 606. The minimum atomic E-state index is -0.924. The number of hydrogen-bond donors (Lipinski definition) is 1. The normalized spacial score (nSPS) is 25.8. The van der Waals surface area contributed by atoms with Crippen molar-refractivity contribution in [3.8, 4) is 0 Å². The summed E-state index contributed by atoms with van der Waals surface area (Å²) in [4.78, 5) is 14.5. The van der Waals surface area contributed by atoms with Gasteiger partial charge in [0.2, 0.25) is 5.91 Å². The molecule has 1 saturated carbocycles. The number of nitrogens with zero attached hydrogens (tertiary/aromatic N) is 1. The van der Waals surface area contributed by atoms with E-state index in [4.69, 9.17) is 33.7 Å². The van der Waals surface area contributed by atoms with Crippen LogP contribution in [-0.2, 0) is 16.1 Å². The molecule has 0 spiro atoms. The van der Waals surface area contributed by atoms with E-state index >= 15 is 0 Å². The van der Waals surface area contributed by atoms with E-state index in [9.17, 15) is 4.79 Å². The van der Waals surface area contributed by atoms with Gasteiger partial charge in [-0.15, -0.1) is 0 Å². The van der Waals surface area contributed by atoms with Crippen LogP contribution in [0, 0.1) is 5.41 Å². The topological polar surface area (TPSA) is 55.6 Å². The Morgan fingerprint density at radius 2 is 2.09 bits per heavy atom. The molecule has 1 aromatic carbocycles. The van der Waals surface area contributed by atoms with Crippen molar-refractivity contribution in [1.82, 2.24) is 4.90 Å². The van der Waals surface area contributed by atoms with Crippen molar-refractivity contribution in [2.24, 2.45) is 11.1 Å². The zero-order valence-corrected chi connectivity index (χ0v) is 15.5. The third-order valence-corrected chi connectivity index (χ3v) is 5.86. The number of hydrogen-bond acceptors (Lipinski definition) is 3. The Hall–Kier alpha value is -0.810. The Morgan fingerprint density at radius 3 is 2.65 bits per heavy atom. The van der Waals surface area contributed by atoms with Gasteiger partial charge < -0.3 is 15.4 Å². The van der Waals surface area contributed by atoms with Gasteiger partial charge in [-0.05, 0) is 18.6 Å². The number of rotatable bonds is 5. The lowest BCUT2D eigenvalue weighted by Crippen LogP contribution is -2.75. The van der Waals surface area contributed by atoms with E-state index in [-0.39, 0.29) is 12.0 Å². The van der Waals surface area contributed by atoms with Gasteiger partial charge in [-0.1, -0.05) is 49.2 Å². The van der Waals surface area contributed by atoms with E-state index in [2.05, 4.69) is 0 Å². The summed E-state index contributed by atoms with van der Waals surface area (Å²) in [5.41, 5.74) is 5.91. The first-order valence-electron chi connectivity index (χ1n) is 7.74. The molecular formula is C17H24Cl2N2O2. The number of carbonyl (C=O) groups excluding carboxylic acids is 1. The van der Waals surface area contributed by atoms with Crippen LogP contribution in [-0.4, -0.2) is 36.1 Å². The largest absolute Gasteiger partial charge is 0.378 e. The molecule has 2 N–H and O–H groups in total. The Balaban J connectivity index is 2.13. The molecule has 0 radical (unpaired) electrons. The van der Waals surface area contributed by atoms with E-state index in [0.29, 0.717) is 29.6 Å².